The maximum Gasteiger partial charge on any atom is 0.264 e. The van der Waals surface area contributed by atoms with E-state index in [1.165, 1.54) is 6.33 Å². The molecule has 0 bridgehead atoms. The third kappa shape index (κ3) is 3.57. The van der Waals surface area contributed by atoms with E-state index < -0.39 is 0 Å². The topological polar surface area (TPSA) is 96.5 Å². The second-order valence-corrected chi connectivity index (χ2v) is 5.19. The zero-order valence-electron chi connectivity index (χ0n) is 10.9. The summed E-state index contributed by atoms with van der Waals surface area (Å²) in [5, 5.41) is 13.4. The highest BCUT2D eigenvalue weighted by Crippen LogP contribution is 2.19. The average molecular weight is 280 g/mol. The zero-order chi connectivity index (χ0) is 13.7. The molecule has 0 unspecified atom stereocenters. The molecule has 2 heterocycles. The Balaban J connectivity index is 1.79. The number of H-pyrrole nitrogens is 1. The van der Waals surface area contributed by atoms with Crippen LogP contribution < -0.4 is 5.32 Å². The summed E-state index contributed by atoms with van der Waals surface area (Å²) in [5.41, 5.74) is 0.762. The molecule has 0 radical (unpaired) electrons. The summed E-state index contributed by atoms with van der Waals surface area (Å²) in [6.45, 7) is 4.59. The quantitative estimate of drug-likeness (QED) is 0.773. The van der Waals surface area contributed by atoms with Crippen LogP contribution in [0.4, 0.5) is 0 Å². The molecule has 0 aliphatic heterocycles. The van der Waals surface area contributed by atoms with Crippen molar-refractivity contribution < 1.29 is 4.79 Å². The molecule has 102 valence electrons. The molecule has 0 aliphatic rings. The third-order valence-electron chi connectivity index (χ3n) is 2.61. The number of carbonyl (C=O) groups is 1. The van der Waals surface area contributed by atoms with Crippen molar-refractivity contribution in [2.75, 3.05) is 6.54 Å². The van der Waals surface area contributed by atoms with Gasteiger partial charge in [0, 0.05) is 13.0 Å². The smallest absolute Gasteiger partial charge is 0.264 e. The predicted molar refractivity (Wildman–Crippen MR) is 71.0 cm³/mol. The van der Waals surface area contributed by atoms with Gasteiger partial charge in [-0.25, -0.2) is 4.98 Å². The number of amides is 1. The van der Waals surface area contributed by atoms with Gasteiger partial charge >= 0.3 is 0 Å². The standard InChI is InChI=1S/C11H16N6OS/c1-7(2)9-10(19-17-16-9)11(18)12-5-3-4-8-13-6-14-15-8/h6-7H,3-5H2,1-2H3,(H,12,18)(H,13,14,15). The van der Waals surface area contributed by atoms with Crippen LogP contribution in [0.1, 0.15) is 47.4 Å². The van der Waals surface area contributed by atoms with Crippen LogP contribution in [0.2, 0.25) is 0 Å². The lowest BCUT2D eigenvalue weighted by molar-refractivity contribution is 0.0955. The van der Waals surface area contributed by atoms with E-state index in [1.807, 2.05) is 13.8 Å². The number of nitrogens with zero attached hydrogens (tertiary/aromatic N) is 4. The molecule has 2 aromatic rings. The number of rotatable bonds is 6. The summed E-state index contributed by atoms with van der Waals surface area (Å²) >= 11 is 1.14. The number of aryl methyl sites for hydroxylation is 1. The molecule has 0 aliphatic carbocycles. The molecule has 2 aromatic heterocycles. The van der Waals surface area contributed by atoms with Crippen LogP contribution >= 0.6 is 11.5 Å². The first-order valence-corrected chi connectivity index (χ1v) is 6.90. The highest BCUT2D eigenvalue weighted by Gasteiger charge is 2.17. The van der Waals surface area contributed by atoms with Gasteiger partial charge in [-0.1, -0.05) is 18.3 Å². The number of carbonyl (C=O) groups excluding carboxylic acids is 1. The Bertz CT molecular complexity index is 521. The van der Waals surface area contributed by atoms with Crippen LogP contribution in [-0.4, -0.2) is 37.2 Å². The van der Waals surface area contributed by atoms with E-state index in [-0.39, 0.29) is 11.8 Å². The Kier molecular flexibility index (Phi) is 4.56. The Morgan fingerprint density at radius 1 is 1.53 bits per heavy atom. The molecule has 0 saturated carbocycles. The van der Waals surface area contributed by atoms with Crippen LogP contribution in [0.15, 0.2) is 6.33 Å². The van der Waals surface area contributed by atoms with E-state index in [9.17, 15) is 4.79 Å². The van der Waals surface area contributed by atoms with Crippen molar-refractivity contribution in [3.63, 3.8) is 0 Å². The first kappa shape index (κ1) is 13.6. The van der Waals surface area contributed by atoms with Crippen LogP contribution in [0.3, 0.4) is 0 Å². The summed E-state index contributed by atoms with van der Waals surface area (Å²) in [7, 11) is 0. The molecule has 8 heteroatoms. The maximum absolute atomic E-state index is 12.0. The summed E-state index contributed by atoms with van der Waals surface area (Å²) < 4.78 is 3.84. The Labute approximate surface area is 115 Å². The van der Waals surface area contributed by atoms with Crippen molar-refractivity contribution in [3.05, 3.63) is 22.7 Å². The summed E-state index contributed by atoms with van der Waals surface area (Å²) in [5.74, 6) is 0.932. The van der Waals surface area contributed by atoms with Gasteiger partial charge in [-0.2, -0.15) is 5.10 Å². The number of aromatic amines is 1. The van der Waals surface area contributed by atoms with Crippen molar-refractivity contribution in [3.8, 4) is 0 Å². The van der Waals surface area contributed by atoms with E-state index >= 15 is 0 Å². The van der Waals surface area contributed by atoms with Crippen LogP contribution in [0.5, 0.6) is 0 Å². The lowest BCUT2D eigenvalue weighted by atomic mass is 10.1. The van der Waals surface area contributed by atoms with E-state index in [2.05, 4.69) is 30.1 Å². The zero-order valence-corrected chi connectivity index (χ0v) is 11.7. The lowest BCUT2D eigenvalue weighted by Crippen LogP contribution is -2.25. The Morgan fingerprint density at radius 2 is 2.37 bits per heavy atom. The molecule has 0 spiro atoms. The van der Waals surface area contributed by atoms with Gasteiger partial charge < -0.3 is 5.32 Å². The summed E-state index contributed by atoms with van der Waals surface area (Å²) in [6.07, 6.45) is 3.05. The van der Waals surface area contributed by atoms with Gasteiger partial charge in [-0.3, -0.25) is 9.89 Å². The van der Waals surface area contributed by atoms with Gasteiger partial charge in [0.1, 0.15) is 17.0 Å². The Hall–Kier alpha value is -1.83. The average Bonchev–Trinajstić information content (AvgIpc) is 3.04. The summed E-state index contributed by atoms with van der Waals surface area (Å²) in [4.78, 5) is 16.6. The molecular formula is C11H16N6OS. The van der Waals surface area contributed by atoms with Crippen LogP contribution in [0.25, 0.3) is 0 Å². The lowest BCUT2D eigenvalue weighted by Gasteiger charge is -2.05. The number of aromatic nitrogens is 5. The normalized spacial score (nSPS) is 10.9. The van der Waals surface area contributed by atoms with Crippen LogP contribution in [-0.2, 0) is 6.42 Å². The third-order valence-corrected chi connectivity index (χ3v) is 3.35. The van der Waals surface area contributed by atoms with Gasteiger partial charge in [-0.15, -0.1) is 5.10 Å². The second kappa shape index (κ2) is 6.37. The van der Waals surface area contributed by atoms with Gasteiger partial charge in [0.15, 0.2) is 0 Å². The number of hydrogen-bond acceptors (Lipinski definition) is 6. The van der Waals surface area contributed by atoms with E-state index in [0.717, 1.165) is 35.9 Å². The molecule has 2 rings (SSSR count). The van der Waals surface area contributed by atoms with Crippen molar-refractivity contribution in [1.82, 2.24) is 30.1 Å². The monoisotopic (exact) mass is 280 g/mol. The summed E-state index contributed by atoms with van der Waals surface area (Å²) in [6, 6.07) is 0. The fraction of sp³-hybridized carbons (Fsp3) is 0.545. The van der Waals surface area contributed by atoms with E-state index in [0.29, 0.717) is 11.4 Å². The van der Waals surface area contributed by atoms with E-state index in [4.69, 9.17) is 0 Å². The minimum atomic E-state index is -0.101. The van der Waals surface area contributed by atoms with Crippen molar-refractivity contribution >= 4 is 17.4 Å². The molecule has 0 saturated heterocycles. The first-order valence-electron chi connectivity index (χ1n) is 6.13. The minimum Gasteiger partial charge on any atom is -0.351 e. The van der Waals surface area contributed by atoms with Gasteiger partial charge in [0.2, 0.25) is 0 Å². The van der Waals surface area contributed by atoms with Crippen molar-refractivity contribution in [2.45, 2.75) is 32.6 Å². The SMILES string of the molecule is CC(C)c1nnsc1C(=O)NCCCc1ncn[nH]1. The van der Waals surface area contributed by atoms with Crippen LogP contribution in [0, 0.1) is 0 Å². The van der Waals surface area contributed by atoms with Crippen molar-refractivity contribution in [1.29, 1.82) is 0 Å². The van der Waals surface area contributed by atoms with Crippen molar-refractivity contribution in [2.24, 2.45) is 0 Å². The Morgan fingerprint density at radius 3 is 3.05 bits per heavy atom. The second-order valence-electron chi connectivity index (χ2n) is 4.43. The maximum atomic E-state index is 12.0. The van der Waals surface area contributed by atoms with Gasteiger partial charge in [-0.05, 0) is 23.9 Å². The van der Waals surface area contributed by atoms with Gasteiger partial charge in [0.05, 0.1) is 5.69 Å². The predicted octanol–water partition coefficient (Wildman–Crippen LogP) is 1.14. The molecule has 2 N–H and O–H groups in total. The molecular weight excluding hydrogens is 264 g/mol. The number of hydrogen-bond donors (Lipinski definition) is 2. The largest absolute Gasteiger partial charge is 0.351 e. The first-order chi connectivity index (χ1) is 9.18. The molecule has 0 aromatic carbocycles. The molecule has 0 fully saturated rings. The minimum absolute atomic E-state index is 0.101. The molecule has 7 nitrogen and oxygen atoms in total. The fourth-order valence-corrected chi connectivity index (χ4v) is 2.36. The molecule has 1 amide bonds. The fourth-order valence-electron chi connectivity index (χ4n) is 1.62. The van der Waals surface area contributed by atoms with Gasteiger partial charge in [0.25, 0.3) is 5.91 Å². The van der Waals surface area contributed by atoms with E-state index in [1.54, 1.807) is 0 Å². The highest BCUT2D eigenvalue weighted by atomic mass is 32.1. The highest BCUT2D eigenvalue weighted by molar-refractivity contribution is 7.08. The molecule has 0 atom stereocenters. The molecule has 19 heavy (non-hydrogen) atoms. The number of nitrogens with one attached hydrogen (secondary N) is 2.